The van der Waals surface area contributed by atoms with Crippen molar-refractivity contribution < 1.29 is 19.1 Å². The molecule has 2 amide bonds. The number of halogens is 1. The normalized spacial score (nSPS) is 16.3. The highest BCUT2D eigenvalue weighted by Crippen LogP contribution is 2.30. The fraction of sp³-hybridized carbons (Fsp3) is 0.300. The zero-order valence-electron chi connectivity index (χ0n) is 15.2. The van der Waals surface area contributed by atoms with Gasteiger partial charge >= 0.3 is 0 Å². The maximum Gasteiger partial charge on any atom is 0.229 e. The molecule has 7 heteroatoms. The molecule has 1 atom stereocenters. The number of benzene rings is 2. The Labute approximate surface area is 163 Å². The topological polar surface area (TPSA) is 67.9 Å². The van der Waals surface area contributed by atoms with Gasteiger partial charge in [-0.25, -0.2) is 0 Å². The molecule has 1 saturated heterocycles. The third-order valence-corrected chi connectivity index (χ3v) is 4.87. The molecular weight excluding hydrogens is 368 g/mol. The van der Waals surface area contributed by atoms with Crippen LogP contribution in [-0.2, 0) is 16.1 Å². The molecule has 27 heavy (non-hydrogen) atoms. The minimum absolute atomic E-state index is 0.0518. The van der Waals surface area contributed by atoms with E-state index in [1.54, 1.807) is 49.5 Å². The minimum Gasteiger partial charge on any atom is -0.493 e. The standard InChI is InChI=1S/C20H21ClN2O4/c1-26-17-8-7-13(9-18(17)27-2)11-23-12-14(10-19(23)24)20(25)22-16-6-4-3-5-15(16)21/h3-9,14H,10-12H2,1-2H3,(H,22,25). The summed E-state index contributed by atoms with van der Waals surface area (Å²) in [6.07, 6.45) is 0.184. The second kappa shape index (κ2) is 8.31. The molecule has 0 saturated carbocycles. The van der Waals surface area contributed by atoms with Gasteiger partial charge in [-0.15, -0.1) is 0 Å². The number of hydrogen-bond donors (Lipinski definition) is 1. The van der Waals surface area contributed by atoms with E-state index in [4.69, 9.17) is 21.1 Å². The van der Waals surface area contributed by atoms with Crippen LogP contribution in [-0.4, -0.2) is 37.5 Å². The van der Waals surface area contributed by atoms with Gasteiger partial charge in [-0.05, 0) is 29.8 Å². The maximum absolute atomic E-state index is 12.5. The van der Waals surface area contributed by atoms with E-state index in [0.29, 0.717) is 35.3 Å². The van der Waals surface area contributed by atoms with Gasteiger partial charge in [-0.1, -0.05) is 29.8 Å². The van der Waals surface area contributed by atoms with Gasteiger partial charge in [0.1, 0.15) is 0 Å². The highest BCUT2D eigenvalue weighted by atomic mass is 35.5. The quantitative estimate of drug-likeness (QED) is 0.824. The van der Waals surface area contributed by atoms with Gasteiger partial charge in [0.05, 0.1) is 30.8 Å². The number of para-hydroxylation sites is 1. The Morgan fingerprint density at radius 3 is 2.63 bits per heavy atom. The first-order chi connectivity index (χ1) is 13.0. The molecule has 2 aromatic rings. The Hall–Kier alpha value is -2.73. The van der Waals surface area contributed by atoms with Gasteiger partial charge in [0.15, 0.2) is 11.5 Å². The van der Waals surface area contributed by atoms with Crippen molar-refractivity contribution in [2.45, 2.75) is 13.0 Å². The molecule has 1 fully saturated rings. The number of rotatable bonds is 6. The van der Waals surface area contributed by atoms with Crippen LogP contribution in [0, 0.1) is 5.92 Å². The smallest absolute Gasteiger partial charge is 0.229 e. The first-order valence-corrected chi connectivity index (χ1v) is 8.93. The molecule has 1 unspecified atom stereocenters. The van der Waals surface area contributed by atoms with Crippen molar-refractivity contribution in [1.29, 1.82) is 0 Å². The van der Waals surface area contributed by atoms with Crippen LogP contribution < -0.4 is 14.8 Å². The first kappa shape index (κ1) is 19.0. The van der Waals surface area contributed by atoms with E-state index in [9.17, 15) is 9.59 Å². The minimum atomic E-state index is -0.408. The van der Waals surface area contributed by atoms with Crippen LogP contribution in [0.2, 0.25) is 5.02 Å². The Balaban J connectivity index is 1.65. The van der Waals surface area contributed by atoms with Crippen molar-refractivity contribution in [1.82, 2.24) is 4.90 Å². The van der Waals surface area contributed by atoms with Gasteiger partial charge in [0, 0.05) is 19.5 Å². The maximum atomic E-state index is 12.5. The summed E-state index contributed by atoms with van der Waals surface area (Å²) in [4.78, 5) is 26.5. The Morgan fingerprint density at radius 2 is 1.93 bits per heavy atom. The van der Waals surface area contributed by atoms with Crippen LogP contribution in [0.25, 0.3) is 0 Å². The molecule has 6 nitrogen and oxygen atoms in total. The lowest BCUT2D eigenvalue weighted by molar-refractivity contribution is -0.128. The number of ether oxygens (including phenoxy) is 2. The van der Waals surface area contributed by atoms with E-state index in [2.05, 4.69) is 5.32 Å². The molecule has 0 bridgehead atoms. The highest BCUT2D eigenvalue weighted by Gasteiger charge is 2.34. The van der Waals surface area contributed by atoms with E-state index >= 15 is 0 Å². The average Bonchev–Trinajstić information content (AvgIpc) is 3.04. The van der Waals surface area contributed by atoms with E-state index in [1.807, 2.05) is 12.1 Å². The van der Waals surface area contributed by atoms with Crippen molar-refractivity contribution in [3.8, 4) is 11.5 Å². The van der Waals surface area contributed by atoms with Crippen LogP contribution >= 0.6 is 11.6 Å². The highest BCUT2D eigenvalue weighted by molar-refractivity contribution is 6.33. The van der Waals surface area contributed by atoms with Crippen LogP contribution in [0.15, 0.2) is 42.5 Å². The van der Waals surface area contributed by atoms with Gasteiger partial charge in [0.25, 0.3) is 0 Å². The van der Waals surface area contributed by atoms with Gasteiger partial charge in [-0.3, -0.25) is 9.59 Å². The summed E-state index contributed by atoms with van der Waals surface area (Å²) in [6, 6.07) is 12.6. The number of carbonyl (C=O) groups excluding carboxylic acids is 2. The Kier molecular flexibility index (Phi) is 5.86. The summed E-state index contributed by atoms with van der Waals surface area (Å²) >= 11 is 6.08. The predicted octanol–water partition coefficient (Wildman–Crippen LogP) is 3.34. The molecule has 1 N–H and O–H groups in total. The van der Waals surface area contributed by atoms with E-state index in [0.717, 1.165) is 5.56 Å². The number of amides is 2. The lowest BCUT2D eigenvalue weighted by Crippen LogP contribution is -2.28. The summed E-state index contributed by atoms with van der Waals surface area (Å²) < 4.78 is 10.5. The molecule has 0 radical (unpaired) electrons. The summed E-state index contributed by atoms with van der Waals surface area (Å²) in [7, 11) is 3.14. The molecule has 142 valence electrons. The second-order valence-corrected chi connectivity index (χ2v) is 6.74. The number of carbonyl (C=O) groups is 2. The molecule has 0 aliphatic carbocycles. The SMILES string of the molecule is COc1ccc(CN2CC(C(=O)Nc3ccccc3Cl)CC2=O)cc1OC. The molecule has 0 spiro atoms. The van der Waals surface area contributed by atoms with Crippen molar-refractivity contribution >= 4 is 29.1 Å². The van der Waals surface area contributed by atoms with Crippen LogP contribution in [0.5, 0.6) is 11.5 Å². The molecule has 1 heterocycles. The molecule has 1 aliphatic heterocycles. The van der Waals surface area contributed by atoms with E-state index in [-0.39, 0.29) is 18.2 Å². The third-order valence-electron chi connectivity index (χ3n) is 4.54. The van der Waals surface area contributed by atoms with Crippen molar-refractivity contribution in [2.24, 2.45) is 5.92 Å². The van der Waals surface area contributed by atoms with E-state index < -0.39 is 5.92 Å². The molecule has 3 rings (SSSR count). The summed E-state index contributed by atoms with van der Waals surface area (Å²) in [5, 5.41) is 3.27. The van der Waals surface area contributed by atoms with Crippen LogP contribution in [0.4, 0.5) is 5.69 Å². The van der Waals surface area contributed by atoms with E-state index in [1.165, 1.54) is 0 Å². The van der Waals surface area contributed by atoms with Crippen LogP contribution in [0.1, 0.15) is 12.0 Å². The van der Waals surface area contributed by atoms with Gasteiger partial charge < -0.3 is 19.7 Å². The largest absolute Gasteiger partial charge is 0.493 e. The number of methoxy groups -OCH3 is 2. The lowest BCUT2D eigenvalue weighted by atomic mass is 10.1. The number of nitrogens with one attached hydrogen (secondary N) is 1. The van der Waals surface area contributed by atoms with Crippen molar-refractivity contribution in [3.63, 3.8) is 0 Å². The fourth-order valence-electron chi connectivity index (χ4n) is 3.10. The first-order valence-electron chi connectivity index (χ1n) is 8.56. The second-order valence-electron chi connectivity index (χ2n) is 6.33. The zero-order valence-corrected chi connectivity index (χ0v) is 16.0. The summed E-state index contributed by atoms with van der Waals surface area (Å²) in [6.45, 7) is 0.776. The predicted molar refractivity (Wildman–Crippen MR) is 103 cm³/mol. The Bertz CT molecular complexity index is 856. The van der Waals surface area contributed by atoms with Crippen molar-refractivity contribution in [2.75, 3.05) is 26.1 Å². The molecule has 1 aliphatic rings. The number of anilines is 1. The molecule has 2 aromatic carbocycles. The fourth-order valence-corrected chi connectivity index (χ4v) is 3.28. The van der Waals surface area contributed by atoms with Gasteiger partial charge in [-0.2, -0.15) is 0 Å². The van der Waals surface area contributed by atoms with Gasteiger partial charge in [0.2, 0.25) is 11.8 Å². The third kappa shape index (κ3) is 4.34. The molecular formula is C20H21ClN2O4. The number of nitrogens with zero attached hydrogens (tertiary/aromatic N) is 1. The Morgan fingerprint density at radius 1 is 1.19 bits per heavy atom. The van der Waals surface area contributed by atoms with Crippen molar-refractivity contribution in [3.05, 3.63) is 53.1 Å². The van der Waals surface area contributed by atoms with Crippen LogP contribution in [0.3, 0.4) is 0 Å². The molecule has 0 aromatic heterocycles. The monoisotopic (exact) mass is 388 g/mol. The average molecular weight is 389 g/mol. The summed E-state index contributed by atoms with van der Waals surface area (Å²) in [5.74, 6) is 0.574. The summed E-state index contributed by atoms with van der Waals surface area (Å²) in [5.41, 5.74) is 1.46. The zero-order chi connectivity index (χ0) is 19.4. The number of hydrogen-bond acceptors (Lipinski definition) is 4. The number of likely N-dealkylation sites (tertiary alicyclic amines) is 1. The lowest BCUT2D eigenvalue weighted by Gasteiger charge is -2.18.